The Morgan fingerprint density at radius 2 is 1.84 bits per heavy atom. The van der Waals surface area contributed by atoms with E-state index >= 15 is 0 Å². The molecule has 0 aliphatic heterocycles. The smallest absolute Gasteiger partial charge is 0.103 e. The van der Waals surface area contributed by atoms with Crippen LogP contribution in [0.5, 0.6) is 0 Å². The monoisotopic (exact) mass is 340 g/mol. The van der Waals surface area contributed by atoms with E-state index in [-0.39, 0.29) is 0 Å². The van der Waals surface area contributed by atoms with E-state index < -0.39 is 0 Å². The molecule has 1 N–H and O–H groups in total. The van der Waals surface area contributed by atoms with Crippen LogP contribution in [0.1, 0.15) is 49.2 Å². The van der Waals surface area contributed by atoms with Gasteiger partial charge in [0.05, 0.1) is 11.0 Å². The number of alkyl halides is 1. The average molecular weight is 341 g/mol. The standard InChI is InChI=1S/C15H21BrN2S/c16-7-14-18-13(9-19-14)8-17-15-4-10-1-11(5-15)3-12(2-10)6-15/h9-12,17H,1-8H2. The first-order chi connectivity index (χ1) is 9.25. The van der Waals surface area contributed by atoms with Gasteiger partial charge < -0.3 is 5.32 Å². The molecule has 0 spiro atoms. The Labute approximate surface area is 127 Å². The lowest BCUT2D eigenvalue weighted by atomic mass is 9.53. The predicted octanol–water partition coefficient (Wildman–Crippen LogP) is 4.10. The normalized spacial score (nSPS) is 39.9. The molecule has 0 radical (unpaired) electrons. The molecule has 0 saturated heterocycles. The molecule has 4 bridgehead atoms. The maximum Gasteiger partial charge on any atom is 0.103 e. The number of rotatable bonds is 4. The van der Waals surface area contributed by atoms with Crippen LogP contribution >= 0.6 is 27.3 Å². The van der Waals surface area contributed by atoms with Crippen LogP contribution < -0.4 is 5.32 Å². The van der Waals surface area contributed by atoms with Crippen molar-refractivity contribution in [3.63, 3.8) is 0 Å². The van der Waals surface area contributed by atoms with E-state index in [0.29, 0.717) is 5.54 Å². The Bertz CT molecular complexity index is 435. The van der Waals surface area contributed by atoms with Crippen LogP contribution in [0.15, 0.2) is 5.38 Å². The predicted molar refractivity (Wildman–Crippen MR) is 82.5 cm³/mol. The molecule has 1 aromatic rings. The van der Waals surface area contributed by atoms with Crippen LogP contribution in [-0.2, 0) is 11.9 Å². The van der Waals surface area contributed by atoms with Crippen LogP contribution in [0.4, 0.5) is 0 Å². The third-order valence-corrected chi connectivity index (χ3v) is 7.20. The van der Waals surface area contributed by atoms with Gasteiger partial charge in [-0.05, 0) is 56.3 Å². The van der Waals surface area contributed by atoms with Crippen molar-refractivity contribution in [3.8, 4) is 0 Å². The van der Waals surface area contributed by atoms with Crippen LogP contribution in [0.25, 0.3) is 0 Å². The minimum Gasteiger partial charge on any atom is -0.306 e. The summed E-state index contributed by atoms with van der Waals surface area (Å²) in [6.07, 6.45) is 8.83. The molecular formula is C15H21BrN2S. The highest BCUT2D eigenvalue weighted by Gasteiger charge is 2.50. The maximum absolute atomic E-state index is 4.65. The summed E-state index contributed by atoms with van der Waals surface area (Å²) in [6.45, 7) is 0.968. The molecule has 0 amide bonds. The average Bonchev–Trinajstić information content (AvgIpc) is 2.83. The first-order valence-corrected chi connectivity index (χ1v) is 9.49. The van der Waals surface area contributed by atoms with Crippen molar-refractivity contribution in [1.29, 1.82) is 0 Å². The van der Waals surface area contributed by atoms with E-state index in [0.717, 1.165) is 29.6 Å². The molecule has 0 aromatic carbocycles. The maximum atomic E-state index is 4.65. The van der Waals surface area contributed by atoms with Crippen LogP contribution in [-0.4, -0.2) is 10.5 Å². The summed E-state index contributed by atoms with van der Waals surface area (Å²) in [4.78, 5) is 4.65. The molecule has 19 heavy (non-hydrogen) atoms. The SMILES string of the molecule is BrCc1nc(CNC23CC4CC(CC(C4)C2)C3)cs1. The van der Waals surface area contributed by atoms with Crippen molar-refractivity contribution < 1.29 is 0 Å². The van der Waals surface area contributed by atoms with Crippen molar-refractivity contribution in [2.75, 3.05) is 0 Å². The summed E-state index contributed by atoms with van der Waals surface area (Å²) in [7, 11) is 0. The van der Waals surface area contributed by atoms with E-state index in [1.54, 1.807) is 11.3 Å². The quantitative estimate of drug-likeness (QED) is 0.834. The second kappa shape index (κ2) is 4.81. The van der Waals surface area contributed by atoms with Gasteiger partial charge in [-0.1, -0.05) is 15.9 Å². The molecule has 4 aliphatic rings. The van der Waals surface area contributed by atoms with Crippen LogP contribution in [0, 0.1) is 17.8 Å². The van der Waals surface area contributed by atoms with Gasteiger partial charge in [0.15, 0.2) is 0 Å². The Hall–Kier alpha value is 0.0700. The highest BCUT2D eigenvalue weighted by atomic mass is 79.9. The Balaban J connectivity index is 1.44. The second-order valence-electron chi connectivity index (χ2n) is 6.92. The van der Waals surface area contributed by atoms with E-state index in [1.807, 2.05) is 0 Å². The number of nitrogens with zero attached hydrogens (tertiary/aromatic N) is 1. The van der Waals surface area contributed by atoms with E-state index in [2.05, 4.69) is 31.6 Å². The van der Waals surface area contributed by atoms with Gasteiger partial charge in [-0.15, -0.1) is 11.3 Å². The van der Waals surface area contributed by atoms with Crippen molar-refractivity contribution >= 4 is 27.3 Å². The molecular weight excluding hydrogens is 320 g/mol. The van der Waals surface area contributed by atoms with Crippen molar-refractivity contribution in [2.24, 2.45) is 17.8 Å². The Morgan fingerprint density at radius 3 is 2.37 bits per heavy atom. The summed E-state index contributed by atoms with van der Waals surface area (Å²) >= 11 is 5.25. The fourth-order valence-corrected chi connectivity index (χ4v) is 6.26. The lowest BCUT2D eigenvalue weighted by Gasteiger charge is -2.57. The fourth-order valence-electron chi connectivity index (χ4n) is 5.10. The van der Waals surface area contributed by atoms with Gasteiger partial charge in [0, 0.05) is 17.5 Å². The summed E-state index contributed by atoms with van der Waals surface area (Å²) in [5, 5.41) is 8.20. The van der Waals surface area contributed by atoms with Gasteiger partial charge in [0.1, 0.15) is 5.01 Å². The molecule has 4 heteroatoms. The number of aromatic nitrogens is 1. The topological polar surface area (TPSA) is 24.9 Å². The lowest BCUT2D eigenvalue weighted by molar-refractivity contribution is -0.0207. The van der Waals surface area contributed by atoms with Crippen LogP contribution in [0.2, 0.25) is 0 Å². The van der Waals surface area contributed by atoms with Gasteiger partial charge in [0.2, 0.25) is 0 Å². The Morgan fingerprint density at radius 1 is 1.21 bits per heavy atom. The zero-order valence-electron chi connectivity index (χ0n) is 11.2. The molecule has 5 rings (SSSR count). The first-order valence-electron chi connectivity index (χ1n) is 7.49. The molecule has 2 nitrogen and oxygen atoms in total. The van der Waals surface area contributed by atoms with Gasteiger partial charge in [-0.2, -0.15) is 0 Å². The summed E-state index contributed by atoms with van der Waals surface area (Å²) in [5.74, 6) is 3.06. The zero-order chi connectivity index (χ0) is 12.9. The van der Waals surface area contributed by atoms with E-state index in [9.17, 15) is 0 Å². The minimum absolute atomic E-state index is 0.465. The number of hydrogen-bond donors (Lipinski definition) is 1. The fraction of sp³-hybridized carbons (Fsp3) is 0.800. The molecule has 4 saturated carbocycles. The number of halogens is 1. The summed E-state index contributed by atoms with van der Waals surface area (Å²) < 4.78 is 0. The second-order valence-corrected chi connectivity index (χ2v) is 8.42. The molecule has 4 fully saturated rings. The lowest BCUT2D eigenvalue weighted by Crippen LogP contribution is -2.58. The van der Waals surface area contributed by atoms with Crippen molar-refractivity contribution in [1.82, 2.24) is 10.3 Å². The minimum atomic E-state index is 0.465. The van der Waals surface area contributed by atoms with Gasteiger partial charge in [-0.25, -0.2) is 4.98 Å². The van der Waals surface area contributed by atoms with Gasteiger partial charge in [0.25, 0.3) is 0 Å². The molecule has 1 aromatic heterocycles. The van der Waals surface area contributed by atoms with Crippen molar-refractivity contribution in [3.05, 3.63) is 16.1 Å². The number of hydrogen-bond acceptors (Lipinski definition) is 3. The zero-order valence-corrected chi connectivity index (χ0v) is 13.6. The molecule has 0 unspecified atom stereocenters. The summed E-state index contributed by atoms with van der Waals surface area (Å²) in [6, 6.07) is 0. The highest BCUT2D eigenvalue weighted by Crippen LogP contribution is 2.55. The molecule has 0 atom stereocenters. The third-order valence-electron chi connectivity index (χ3n) is 5.40. The number of thiazole rings is 1. The summed E-state index contributed by atoms with van der Waals surface area (Å²) in [5.41, 5.74) is 1.70. The first kappa shape index (κ1) is 12.8. The molecule has 1 heterocycles. The van der Waals surface area contributed by atoms with Gasteiger partial charge >= 0.3 is 0 Å². The molecule has 104 valence electrons. The highest BCUT2D eigenvalue weighted by molar-refractivity contribution is 9.08. The van der Waals surface area contributed by atoms with Crippen molar-refractivity contribution in [2.45, 2.75) is 55.9 Å². The van der Waals surface area contributed by atoms with Crippen LogP contribution in [0.3, 0.4) is 0 Å². The molecule has 4 aliphatic carbocycles. The van der Waals surface area contributed by atoms with E-state index in [4.69, 9.17) is 0 Å². The van der Waals surface area contributed by atoms with Gasteiger partial charge in [-0.3, -0.25) is 0 Å². The Kier molecular flexibility index (Phi) is 3.24. The number of nitrogens with one attached hydrogen (secondary N) is 1. The van der Waals surface area contributed by atoms with E-state index in [1.165, 1.54) is 49.2 Å². The third kappa shape index (κ3) is 2.40. The largest absolute Gasteiger partial charge is 0.306 e.